The number of amides is 1. The van der Waals surface area contributed by atoms with Crippen molar-refractivity contribution >= 4 is 17.0 Å². The molecule has 1 aliphatic heterocycles. The van der Waals surface area contributed by atoms with E-state index in [0.29, 0.717) is 52.7 Å². The normalized spacial score (nSPS) is 16.6. The highest BCUT2D eigenvalue weighted by atomic mass is 19.1. The average molecular weight is 434 g/mol. The fourth-order valence-corrected chi connectivity index (χ4v) is 4.33. The van der Waals surface area contributed by atoms with Crippen LogP contribution in [0, 0.1) is 19.7 Å². The SMILES string of the molecule is Cc1cc(C(=O)N2CCCC[C@@H]2c2ncc(Cc3ccc(F)cc3)o2)c2c(C)noc2n1. The number of halogens is 1. The Morgan fingerprint density at radius 2 is 2.03 bits per heavy atom. The average Bonchev–Trinajstić information content (AvgIpc) is 3.41. The lowest BCUT2D eigenvalue weighted by Gasteiger charge is -2.34. The second-order valence-electron chi connectivity index (χ2n) is 8.24. The molecule has 4 heterocycles. The maximum Gasteiger partial charge on any atom is 0.258 e. The summed E-state index contributed by atoms with van der Waals surface area (Å²) in [5.41, 5.74) is 3.18. The van der Waals surface area contributed by atoms with E-state index in [1.165, 1.54) is 12.1 Å². The Balaban J connectivity index is 1.44. The van der Waals surface area contributed by atoms with E-state index in [0.717, 1.165) is 24.8 Å². The predicted octanol–water partition coefficient (Wildman–Crippen LogP) is 4.92. The number of hydrogen-bond donors (Lipinski definition) is 0. The first-order valence-corrected chi connectivity index (χ1v) is 10.7. The van der Waals surface area contributed by atoms with Crippen molar-refractivity contribution in [1.29, 1.82) is 0 Å². The number of fused-ring (bicyclic) bond motifs is 1. The van der Waals surface area contributed by atoms with Gasteiger partial charge in [-0.1, -0.05) is 17.3 Å². The minimum atomic E-state index is -0.271. The summed E-state index contributed by atoms with van der Waals surface area (Å²) in [6.45, 7) is 4.26. The number of likely N-dealkylation sites (tertiary alicyclic amines) is 1. The van der Waals surface area contributed by atoms with Crippen molar-refractivity contribution in [2.45, 2.75) is 45.6 Å². The van der Waals surface area contributed by atoms with Gasteiger partial charge in [0, 0.05) is 18.7 Å². The molecule has 32 heavy (non-hydrogen) atoms. The zero-order valence-corrected chi connectivity index (χ0v) is 18.0. The molecule has 3 aromatic heterocycles. The minimum Gasteiger partial charge on any atom is -0.443 e. The molecule has 7 nitrogen and oxygen atoms in total. The van der Waals surface area contributed by atoms with Crippen LogP contribution >= 0.6 is 0 Å². The largest absolute Gasteiger partial charge is 0.443 e. The zero-order chi connectivity index (χ0) is 22.2. The fraction of sp³-hybridized carbons (Fsp3) is 0.333. The molecule has 5 rings (SSSR count). The number of rotatable bonds is 4. The molecule has 164 valence electrons. The van der Waals surface area contributed by atoms with Crippen molar-refractivity contribution in [1.82, 2.24) is 20.0 Å². The Kier molecular flexibility index (Phi) is 5.20. The van der Waals surface area contributed by atoms with Crippen LogP contribution in [0.15, 0.2) is 45.5 Å². The quantitative estimate of drug-likeness (QED) is 0.453. The molecule has 0 aliphatic carbocycles. The van der Waals surface area contributed by atoms with Crippen molar-refractivity contribution in [3.8, 4) is 0 Å². The summed E-state index contributed by atoms with van der Waals surface area (Å²) in [6.07, 6.45) is 4.88. The molecule has 1 aliphatic rings. The molecule has 1 saturated heterocycles. The lowest BCUT2D eigenvalue weighted by molar-refractivity contribution is 0.0572. The third kappa shape index (κ3) is 3.77. The molecule has 1 atom stereocenters. The standard InChI is InChI=1S/C24H23FN4O3/c1-14-11-19(21-15(2)28-32-23(21)27-14)24(30)29-10-4-3-5-20(29)22-26-13-18(31-22)12-16-6-8-17(25)9-7-16/h6-9,11,13,20H,3-5,10,12H2,1-2H3/t20-/m1/s1. The molecule has 0 N–H and O–H groups in total. The molecule has 4 aromatic rings. The Labute approximate surface area is 184 Å². The Morgan fingerprint density at radius 1 is 1.22 bits per heavy atom. The van der Waals surface area contributed by atoms with Gasteiger partial charge in [-0.3, -0.25) is 4.79 Å². The van der Waals surface area contributed by atoms with Crippen molar-refractivity contribution in [3.63, 3.8) is 0 Å². The molecule has 0 radical (unpaired) electrons. The van der Waals surface area contributed by atoms with Crippen molar-refractivity contribution in [3.05, 3.63) is 76.5 Å². The van der Waals surface area contributed by atoms with Crippen LogP contribution in [0.2, 0.25) is 0 Å². The van der Waals surface area contributed by atoms with Gasteiger partial charge in [0.25, 0.3) is 11.6 Å². The fourth-order valence-electron chi connectivity index (χ4n) is 4.33. The van der Waals surface area contributed by atoms with Crippen LogP contribution in [0.25, 0.3) is 11.1 Å². The van der Waals surface area contributed by atoms with Crippen LogP contribution in [-0.4, -0.2) is 32.5 Å². The van der Waals surface area contributed by atoms with Crippen LogP contribution in [0.4, 0.5) is 4.39 Å². The number of aryl methyl sites for hydroxylation is 2. The summed E-state index contributed by atoms with van der Waals surface area (Å²) < 4.78 is 24.5. The van der Waals surface area contributed by atoms with E-state index in [2.05, 4.69) is 15.1 Å². The van der Waals surface area contributed by atoms with Gasteiger partial charge in [-0.05, 0) is 56.9 Å². The smallest absolute Gasteiger partial charge is 0.258 e. The number of carbonyl (C=O) groups is 1. The zero-order valence-electron chi connectivity index (χ0n) is 18.0. The van der Waals surface area contributed by atoms with E-state index in [1.807, 2.05) is 18.7 Å². The number of carbonyl (C=O) groups excluding carboxylic acids is 1. The van der Waals surface area contributed by atoms with E-state index in [4.69, 9.17) is 8.94 Å². The third-order valence-corrected chi connectivity index (χ3v) is 5.89. The van der Waals surface area contributed by atoms with Crippen LogP contribution in [0.3, 0.4) is 0 Å². The van der Waals surface area contributed by atoms with Crippen molar-refractivity contribution in [2.75, 3.05) is 6.54 Å². The second kappa shape index (κ2) is 8.18. The summed E-state index contributed by atoms with van der Waals surface area (Å²) in [5, 5.41) is 4.64. The van der Waals surface area contributed by atoms with Crippen molar-refractivity contribution in [2.24, 2.45) is 0 Å². The lowest BCUT2D eigenvalue weighted by Crippen LogP contribution is -2.38. The topological polar surface area (TPSA) is 85.3 Å². The predicted molar refractivity (Wildman–Crippen MR) is 115 cm³/mol. The van der Waals surface area contributed by atoms with Gasteiger partial charge in [-0.2, -0.15) is 0 Å². The monoisotopic (exact) mass is 434 g/mol. The van der Waals surface area contributed by atoms with E-state index in [-0.39, 0.29) is 17.8 Å². The van der Waals surface area contributed by atoms with Crippen LogP contribution in [0.1, 0.15) is 64.3 Å². The van der Waals surface area contributed by atoms with Gasteiger partial charge in [0.1, 0.15) is 17.6 Å². The molecule has 8 heteroatoms. The summed E-state index contributed by atoms with van der Waals surface area (Å²) in [7, 11) is 0. The van der Waals surface area contributed by atoms with Crippen LogP contribution in [-0.2, 0) is 6.42 Å². The summed E-state index contributed by atoms with van der Waals surface area (Å²) >= 11 is 0. The van der Waals surface area contributed by atoms with Gasteiger partial charge in [0.15, 0.2) is 0 Å². The number of benzene rings is 1. The van der Waals surface area contributed by atoms with Crippen molar-refractivity contribution < 1.29 is 18.1 Å². The molecule has 0 spiro atoms. The Hall–Kier alpha value is -3.55. The van der Waals surface area contributed by atoms with Gasteiger partial charge >= 0.3 is 0 Å². The summed E-state index contributed by atoms with van der Waals surface area (Å²) in [6, 6.07) is 7.85. The highest BCUT2D eigenvalue weighted by molar-refractivity contribution is 6.06. The van der Waals surface area contributed by atoms with E-state index < -0.39 is 0 Å². The first-order chi connectivity index (χ1) is 15.5. The molecular formula is C24H23FN4O3. The Bertz CT molecular complexity index is 1280. The van der Waals surface area contributed by atoms with E-state index in [1.54, 1.807) is 24.4 Å². The van der Waals surface area contributed by atoms with E-state index >= 15 is 0 Å². The van der Waals surface area contributed by atoms with Gasteiger partial charge in [-0.15, -0.1) is 0 Å². The minimum absolute atomic E-state index is 0.102. The first kappa shape index (κ1) is 20.4. The third-order valence-electron chi connectivity index (χ3n) is 5.89. The number of aromatic nitrogens is 3. The molecule has 1 amide bonds. The highest BCUT2D eigenvalue weighted by Crippen LogP contribution is 2.34. The molecular weight excluding hydrogens is 411 g/mol. The molecule has 0 unspecified atom stereocenters. The molecule has 1 fully saturated rings. The molecule has 0 saturated carbocycles. The first-order valence-electron chi connectivity index (χ1n) is 10.7. The van der Waals surface area contributed by atoms with Gasteiger partial charge in [0.05, 0.1) is 22.8 Å². The van der Waals surface area contributed by atoms with E-state index in [9.17, 15) is 9.18 Å². The maximum atomic E-state index is 13.7. The molecule has 0 bridgehead atoms. The second-order valence-corrected chi connectivity index (χ2v) is 8.24. The van der Waals surface area contributed by atoms with Crippen LogP contribution < -0.4 is 0 Å². The van der Waals surface area contributed by atoms with Gasteiger partial charge < -0.3 is 13.8 Å². The Morgan fingerprint density at radius 3 is 2.84 bits per heavy atom. The lowest BCUT2D eigenvalue weighted by atomic mass is 9.99. The summed E-state index contributed by atoms with van der Waals surface area (Å²) in [4.78, 5) is 24.3. The van der Waals surface area contributed by atoms with Gasteiger partial charge in [-0.25, -0.2) is 14.4 Å². The molecule has 1 aromatic carbocycles. The number of hydrogen-bond acceptors (Lipinski definition) is 6. The van der Waals surface area contributed by atoms with Crippen LogP contribution in [0.5, 0.6) is 0 Å². The number of pyridine rings is 1. The highest BCUT2D eigenvalue weighted by Gasteiger charge is 2.33. The number of piperidine rings is 1. The summed E-state index contributed by atoms with van der Waals surface area (Å²) in [5.74, 6) is 0.836. The number of oxazole rings is 1. The maximum absolute atomic E-state index is 13.7. The number of nitrogens with zero attached hydrogens (tertiary/aromatic N) is 4. The van der Waals surface area contributed by atoms with Gasteiger partial charge in [0.2, 0.25) is 5.89 Å².